The van der Waals surface area contributed by atoms with Crippen LogP contribution in [0.4, 0.5) is 0 Å². The number of benzene rings is 2. The van der Waals surface area contributed by atoms with Crippen molar-refractivity contribution in [2.45, 2.75) is 89.1 Å². The van der Waals surface area contributed by atoms with E-state index in [-0.39, 0.29) is 45.8 Å². The zero-order valence-electron chi connectivity index (χ0n) is 31.2. The van der Waals surface area contributed by atoms with Crippen molar-refractivity contribution in [3.05, 3.63) is 95.6 Å². The third-order valence-electron chi connectivity index (χ3n) is 11.8. The number of hydrogen-bond acceptors (Lipinski definition) is 8. The van der Waals surface area contributed by atoms with Crippen LogP contribution in [0, 0.1) is 0 Å². The smallest absolute Gasteiger partial charge is 0.196 e. The van der Waals surface area contributed by atoms with E-state index in [0.717, 1.165) is 72.3 Å². The molecule has 0 unspecified atom stereocenters. The molecule has 2 aromatic heterocycles. The number of ether oxygens (including phenoxy) is 2. The molecule has 2 N–H and O–H groups in total. The van der Waals surface area contributed by atoms with Crippen LogP contribution < -0.4 is 9.47 Å². The van der Waals surface area contributed by atoms with E-state index < -0.39 is 11.1 Å². The SMILES string of the molecule is COc1ccc(-c2cc3n(c2)C2(CCCCC2)C(=O)C(C(C)=O)=C3O)cc1.COc1ccc(-c2ccn3c2C(O)=C(C(C)=O)C(=O)C32CCCCC2)cc1. The molecule has 2 aliphatic heterocycles. The molecule has 2 saturated carbocycles. The number of aliphatic hydroxyl groups excluding tert-OH is 2. The number of methoxy groups -OCH3 is 2. The van der Waals surface area contributed by atoms with Crippen molar-refractivity contribution < 1.29 is 38.9 Å². The van der Waals surface area contributed by atoms with E-state index in [1.54, 1.807) is 14.2 Å². The van der Waals surface area contributed by atoms with Crippen molar-refractivity contribution in [3.63, 3.8) is 0 Å². The van der Waals surface area contributed by atoms with Gasteiger partial charge in [-0.3, -0.25) is 19.2 Å². The number of rotatable bonds is 6. The molecule has 0 bridgehead atoms. The number of ketones is 4. The van der Waals surface area contributed by atoms with Gasteiger partial charge < -0.3 is 28.8 Å². The van der Waals surface area contributed by atoms with E-state index in [9.17, 15) is 29.4 Å². The van der Waals surface area contributed by atoms with E-state index in [0.29, 0.717) is 37.1 Å². The number of carbonyl (C=O) groups excluding carboxylic acids is 4. The van der Waals surface area contributed by atoms with E-state index in [4.69, 9.17) is 9.47 Å². The van der Waals surface area contributed by atoms with Gasteiger partial charge in [-0.25, -0.2) is 0 Å². The molecule has 54 heavy (non-hydrogen) atoms. The van der Waals surface area contributed by atoms with Crippen molar-refractivity contribution in [2.24, 2.45) is 0 Å². The highest BCUT2D eigenvalue weighted by atomic mass is 16.5. The number of aromatic nitrogens is 2. The maximum absolute atomic E-state index is 13.3. The Hall–Kier alpha value is -5.64. The molecule has 280 valence electrons. The number of Topliss-reactive ketones (excluding diaryl/α,β-unsaturated/α-hetero) is 4. The average molecular weight is 731 g/mol. The summed E-state index contributed by atoms with van der Waals surface area (Å²) in [6.45, 7) is 2.70. The maximum Gasteiger partial charge on any atom is 0.196 e. The Bertz CT molecular complexity index is 2190. The minimum absolute atomic E-state index is 0.0521. The lowest BCUT2D eigenvalue weighted by Crippen LogP contribution is -2.48. The molecule has 8 rings (SSSR count). The Morgan fingerprint density at radius 3 is 1.56 bits per heavy atom. The van der Waals surface area contributed by atoms with Gasteiger partial charge in [0.05, 0.1) is 25.6 Å². The Kier molecular flexibility index (Phi) is 9.72. The Morgan fingerprint density at radius 1 is 0.611 bits per heavy atom. The highest BCUT2D eigenvalue weighted by Crippen LogP contribution is 2.48. The molecule has 0 atom stereocenters. The second kappa shape index (κ2) is 14.3. The highest BCUT2D eigenvalue weighted by Gasteiger charge is 2.50. The number of fused-ring (bicyclic) bond motifs is 4. The van der Waals surface area contributed by atoms with Gasteiger partial charge in [-0.1, -0.05) is 62.8 Å². The Labute approximate surface area is 314 Å². The van der Waals surface area contributed by atoms with E-state index in [2.05, 4.69) is 0 Å². The average Bonchev–Trinajstić information content (AvgIpc) is 3.85. The number of allylic oxidation sites excluding steroid dienone is 2. The third kappa shape index (κ3) is 5.88. The topological polar surface area (TPSA) is 137 Å². The first-order valence-electron chi connectivity index (χ1n) is 18.7. The molecular formula is C44H46N2O8. The van der Waals surface area contributed by atoms with E-state index in [1.807, 2.05) is 82.2 Å². The van der Waals surface area contributed by atoms with Crippen LogP contribution in [-0.4, -0.2) is 56.7 Å². The fourth-order valence-electron chi connectivity index (χ4n) is 8.98. The molecule has 2 fully saturated rings. The van der Waals surface area contributed by atoms with Crippen LogP contribution in [0.1, 0.15) is 89.4 Å². The zero-order chi connectivity index (χ0) is 38.4. The summed E-state index contributed by atoms with van der Waals surface area (Å²) in [5, 5.41) is 21.6. The van der Waals surface area contributed by atoms with Crippen LogP contribution in [0.25, 0.3) is 33.8 Å². The standard InChI is InChI=1S/2C22H23NO4/c1-14(24)18-20(25)19-17(15-6-8-16(27-2)9-7-15)10-13-23(19)22(21(18)26)11-4-3-5-12-22;1-14(24)19-20(25)18-12-16(15-6-8-17(27-2)9-7-15)13-23(18)22(21(19)26)10-4-3-5-11-22/h6-10,13,25H,3-5,11-12H2,1-2H3;6-9,12-13,25H,3-5,10-11H2,1-2H3. The fourth-order valence-corrected chi connectivity index (χ4v) is 8.98. The van der Waals surface area contributed by atoms with Gasteiger partial charge in [-0.15, -0.1) is 0 Å². The van der Waals surface area contributed by atoms with Gasteiger partial charge in [0.25, 0.3) is 0 Å². The van der Waals surface area contributed by atoms with Crippen molar-refractivity contribution in [3.8, 4) is 33.8 Å². The first-order valence-corrected chi connectivity index (χ1v) is 18.7. The summed E-state index contributed by atoms with van der Waals surface area (Å²) in [6, 6.07) is 19.0. The largest absolute Gasteiger partial charge is 0.505 e. The molecule has 0 radical (unpaired) electrons. The van der Waals surface area contributed by atoms with Gasteiger partial charge in [-0.2, -0.15) is 0 Å². The third-order valence-corrected chi connectivity index (χ3v) is 11.8. The Morgan fingerprint density at radius 2 is 1.07 bits per heavy atom. The van der Waals surface area contributed by atoms with Gasteiger partial charge in [-0.05, 0) is 87.1 Å². The molecule has 2 aromatic carbocycles. The fraction of sp³-hybridized carbons (Fsp3) is 0.364. The predicted molar refractivity (Wildman–Crippen MR) is 205 cm³/mol. The number of aliphatic hydroxyl groups is 2. The van der Waals surface area contributed by atoms with Crippen molar-refractivity contribution >= 4 is 34.7 Å². The number of carbonyl (C=O) groups is 4. The minimum atomic E-state index is -0.758. The first kappa shape index (κ1) is 36.7. The maximum atomic E-state index is 13.3. The Balaban J connectivity index is 0.000000167. The molecule has 4 aromatic rings. The van der Waals surface area contributed by atoms with Crippen LogP contribution in [0.3, 0.4) is 0 Å². The molecule has 4 heterocycles. The second-order valence-electron chi connectivity index (χ2n) is 14.8. The van der Waals surface area contributed by atoms with Crippen LogP contribution in [0.5, 0.6) is 11.5 Å². The molecule has 0 amide bonds. The summed E-state index contributed by atoms with van der Waals surface area (Å²) in [7, 11) is 3.23. The summed E-state index contributed by atoms with van der Waals surface area (Å²) in [6.07, 6.45) is 12.5. The molecule has 0 saturated heterocycles. The molecular weight excluding hydrogens is 684 g/mol. The molecule has 4 aliphatic rings. The molecule has 10 nitrogen and oxygen atoms in total. The quantitative estimate of drug-likeness (QED) is 0.189. The summed E-state index contributed by atoms with van der Waals surface area (Å²) in [5.41, 5.74) is 3.07. The molecule has 2 aliphatic carbocycles. The van der Waals surface area contributed by atoms with Gasteiger partial charge >= 0.3 is 0 Å². The van der Waals surface area contributed by atoms with Crippen LogP contribution in [0.15, 0.2) is 84.2 Å². The van der Waals surface area contributed by atoms with Crippen LogP contribution in [0.2, 0.25) is 0 Å². The monoisotopic (exact) mass is 730 g/mol. The van der Waals surface area contributed by atoms with Gasteiger partial charge in [0.2, 0.25) is 0 Å². The van der Waals surface area contributed by atoms with Gasteiger partial charge in [0.15, 0.2) is 34.7 Å². The van der Waals surface area contributed by atoms with Crippen molar-refractivity contribution in [2.75, 3.05) is 14.2 Å². The van der Waals surface area contributed by atoms with Crippen molar-refractivity contribution in [1.82, 2.24) is 9.13 Å². The van der Waals surface area contributed by atoms with Gasteiger partial charge in [0, 0.05) is 23.5 Å². The highest BCUT2D eigenvalue weighted by molar-refractivity contribution is 6.28. The summed E-state index contributed by atoms with van der Waals surface area (Å²) < 4.78 is 14.3. The lowest BCUT2D eigenvalue weighted by atomic mass is 9.73. The summed E-state index contributed by atoms with van der Waals surface area (Å²) >= 11 is 0. The normalized spacial score (nSPS) is 18.5. The van der Waals surface area contributed by atoms with E-state index in [1.165, 1.54) is 13.8 Å². The van der Waals surface area contributed by atoms with Gasteiger partial charge in [0.1, 0.15) is 33.7 Å². The minimum Gasteiger partial charge on any atom is -0.505 e. The van der Waals surface area contributed by atoms with Crippen molar-refractivity contribution in [1.29, 1.82) is 0 Å². The number of hydrogen-bond donors (Lipinski definition) is 2. The summed E-state index contributed by atoms with van der Waals surface area (Å²) in [4.78, 5) is 50.9. The van der Waals surface area contributed by atoms with Crippen LogP contribution >= 0.6 is 0 Å². The lowest BCUT2D eigenvalue weighted by Gasteiger charge is -2.41. The van der Waals surface area contributed by atoms with E-state index >= 15 is 0 Å². The number of nitrogens with zero attached hydrogens (tertiary/aromatic N) is 2. The molecule has 10 heteroatoms. The molecule has 2 spiro atoms. The lowest BCUT2D eigenvalue weighted by molar-refractivity contribution is -0.129. The summed E-state index contributed by atoms with van der Waals surface area (Å²) in [5.74, 6) is -0.134. The zero-order valence-corrected chi connectivity index (χ0v) is 31.2. The van der Waals surface area contributed by atoms with Crippen LogP contribution in [-0.2, 0) is 30.3 Å². The predicted octanol–water partition coefficient (Wildman–Crippen LogP) is 8.53. The second-order valence-corrected chi connectivity index (χ2v) is 14.8. The first-order chi connectivity index (χ1) is 26.0.